The van der Waals surface area contributed by atoms with E-state index in [-0.39, 0.29) is 11.5 Å². The van der Waals surface area contributed by atoms with Gasteiger partial charge in [-0.3, -0.25) is 4.79 Å². The van der Waals surface area contributed by atoms with Crippen LogP contribution in [-0.2, 0) is 14.3 Å². The quantitative estimate of drug-likeness (QED) is 0.439. The largest absolute Gasteiger partial charge is 0.448 e. The molecule has 2 aromatic carbocycles. The number of rotatable bonds is 6. The Morgan fingerprint density at radius 1 is 1.00 bits per heavy atom. The van der Waals surface area contributed by atoms with Crippen LogP contribution in [-0.4, -0.2) is 39.1 Å². The first-order chi connectivity index (χ1) is 13.3. The molecule has 0 aliphatic heterocycles. The fourth-order valence-corrected chi connectivity index (χ4v) is 2.50. The van der Waals surface area contributed by atoms with E-state index in [1.807, 2.05) is 55.4 Å². The van der Waals surface area contributed by atoms with Crippen molar-refractivity contribution >= 4 is 29.3 Å². The summed E-state index contributed by atoms with van der Waals surface area (Å²) in [6.45, 7) is 1.49. The van der Waals surface area contributed by atoms with E-state index in [1.165, 1.54) is 17.9 Å². The number of benzene rings is 2. The van der Waals surface area contributed by atoms with E-state index in [1.54, 1.807) is 31.3 Å². The molecule has 0 radical (unpaired) electrons. The van der Waals surface area contributed by atoms with Crippen LogP contribution in [0.25, 0.3) is 6.08 Å². The van der Waals surface area contributed by atoms with Crippen LogP contribution >= 0.6 is 0 Å². The molecule has 6 nitrogen and oxygen atoms in total. The van der Waals surface area contributed by atoms with E-state index in [0.717, 1.165) is 5.69 Å². The molecule has 1 atom stereocenters. The van der Waals surface area contributed by atoms with Crippen molar-refractivity contribution in [3.05, 3.63) is 65.7 Å². The first-order valence-electron chi connectivity index (χ1n) is 8.76. The zero-order valence-corrected chi connectivity index (χ0v) is 16.4. The minimum absolute atomic E-state index is 0.167. The Bertz CT molecular complexity index is 897. The van der Waals surface area contributed by atoms with Gasteiger partial charge in [0, 0.05) is 32.5 Å². The predicted octanol–water partition coefficient (Wildman–Crippen LogP) is 3.25. The smallest absolute Gasteiger partial charge is 0.349 e. The lowest BCUT2D eigenvalue weighted by molar-refractivity contribution is -0.149. The predicted molar refractivity (Wildman–Crippen MR) is 110 cm³/mol. The molecule has 0 saturated carbocycles. The third-order valence-electron chi connectivity index (χ3n) is 4.17. The number of hydrogen-bond donors (Lipinski definition) is 0. The Hall–Kier alpha value is -3.59. The SMILES string of the molecule is C[C@@H](OC(=O)/C(C#N)=C/c1ccc(N(C)C)cc1)C(=O)N(C)c1ccccc1. The van der Waals surface area contributed by atoms with Crippen LogP contribution in [0.3, 0.4) is 0 Å². The Morgan fingerprint density at radius 2 is 1.61 bits per heavy atom. The summed E-state index contributed by atoms with van der Waals surface area (Å²) in [5.41, 5.74) is 2.22. The number of carbonyl (C=O) groups is 2. The zero-order valence-electron chi connectivity index (χ0n) is 16.4. The topological polar surface area (TPSA) is 73.6 Å². The number of likely N-dealkylation sites (N-methyl/N-ethyl adjacent to an activating group) is 1. The maximum atomic E-state index is 12.5. The van der Waals surface area contributed by atoms with Crippen LogP contribution in [0.5, 0.6) is 0 Å². The van der Waals surface area contributed by atoms with E-state index < -0.39 is 12.1 Å². The maximum Gasteiger partial charge on any atom is 0.349 e. The molecule has 28 heavy (non-hydrogen) atoms. The number of carbonyl (C=O) groups excluding carboxylic acids is 2. The van der Waals surface area contributed by atoms with Crippen LogP contribution in [0.1, 0.15) is 12.5 Å². The molecule has 0 spiro atoms. The van der Waals surface area contributed by atoms with Gasteiger partial charge in [-0.2, -0.15) is 5.26 Å². The number of anilines is 2. The normalized spacial score (nSPS) is 11.9. The van der Waals surface area contributed by atoms with Crippen LogP contribution in [0.15, 0.2) is 60.2 Å². The minimum atomic E-state index is -1.02. The number of hydrogen-bond acceptors (Lipinski definition) is 5. The Labute approximate surface area is 165 Å². The van der Waals surface area contributed by atoms with Gasteiger partial charge in [-0.1, -0.05) is 30.3 Å². The van der Waals surface area contributed by atoms with Gasteiger partial charge >= 0.3 is 5.97 Å². The van der Waals surface area contributed by atoms with Crippen molar-refractivity contribution in [1.82, 2.24) is 0 Å². The van der Waals surface area contributed by atoms with Crippen molar-refractivity contribution in [3.8, 4) is 6.07 Å². The summed E-state index contributed by atoms with van der Waals surface area (Å²) in [6, 6.07) is 18.3. The summed E-state index contributed by atoms with van der Waals surface area (Å²) in [5.74, 6) is -1.21. The lowest BCUT2D eigenvalue weighted by atomic mass is 10.1. The van der Waals surface area contributed by atoms with Crippen molar-refractivity contribution < 1.29 is 14.3 Å². The number of para-hydroxylation sites is 1. The Balaban J connectivity index is 2.08. The molecule has 0 bridgehead atoms. The number of ether oxygens (including phenoxy) is 1. The first kappa shape index (κ1) is 20.7. The van der Waals surface area contributed by atoms with Gasteiger partial charge in [-0.25, -0.2) is 4.79 Å². The molecule has 6 heteroatoms. The van der Waals surface area contributed by atoms with Gasteiger partial charge in [-0.05, 0) is 42.8 Å². The number of nitrogens with zero attached hydrogens (tertiary/aromatic N) is 3. The van der Waals surface area contributed by atoms with Gasteiger partial charge in [0.25, 0.3) is 5.91 Å². The van der Waals surface area contributed by atoms with Gasteiger partial charge in [-0.15, -0.1) is 0 Å². The van der Waals surface area contributed by atoms with E-state index in [4.69, 9.17) is 4.74 Å². The highest BCUT2D eigenvalue weighted by Crippen LogP contribution is 2.16. The van der Waals surface area contributed by atoms with E-state index in [2.05, 4.69) is 0 Å². The average Bonchev–Trinajstić information content (AvgIpc) is 2.71. The van der Waals surface area contributed by atoms with Crippen LogP contribution in [0, 0.1) is 11.3 Å². The molecule has 0 fully saturated rings. The van der Waals surface area contributed by atoms with E-state index >= 15 is 0 Å². The monoisotopic (exact) mass is 377 g/mol. The second-order valence-corrected chi connectivity index (χ2v) is 6.44. The van der Waals surface area contributed by atoms with E-state index in [9.17, 15) is 14.9 Å². The molecule has 0 heterocycles. The lowest BCUT2D eigenvalue weighted by Gasteiger charge is -2.21. The molecule has 0 saturated heterocycles. The van der Waals surface area contributed by atoms with Gasteiger partial charge in [0.2, 0.25) is 0 Å². The average molecular weight is 377 g/mol. The van der Waals surface area contributed by atoms with Gasteiger partial charge in [0.1, 0.15) is 11.6 Å². The van der Waals surface area contributed by atoms with Crippen molar-refractivity contribution in [2.24, 2.45) is 0 Å². The maximum absolute atomic E-state index is 12.5. The second kappa shape index (κ2) is 9.38. The van der Waals surface area contributed by atoms with Crippen molar-refractivity contribution in [1.29, 1.82) is 5.26 Å². The molecule has 144 valence electrons. The van der Waals surface area contributed by atoms with Crippen LogP contribution in [0.2, 0.25) is 0 Å². The summed E-state index contributed by atoms with van der Waals surface area (Å²) in [6.07, 6.45) is 0.422. The molecule has 1 amide bonds. The summed E-state index contributed by atoms with van der Waals surface area (Å²) < 4.78 is 5.21. The molecular weight excluding hydrogens is 354 g/mol. The third-order valence-corrected chi connectivity index (χ3v) is 4.17. The highest BCUT2D eigenvalue weighted by Gasteiger charge is 2.24. The van der Waals surface area contributed by atoms with Crippen molar-refractivity contribution in [2.45, 2.75) is 13.0 Å². The number of nitriles is 1. The fraction of sp³-hybridized carbons (Fsp3) is 0.227. The summed E-state index contributed by atoms with van der Waals surface area (Å²) in [5, 5.41) is 9.32. The fourth-order valence-electron chi connectivity index (χ4n) is 2.50. The summed E-state index contributed by atoms with van der Waals surface area (Å²) >= 11 is 0. The highest BCUT2D eigenvalue weighted by molar-refractivity contribution is 6.01. The van der Waals surface area contributed by atoms with Gasteiger partial charge in [0.05, 0.1) is 0 Å². The number of amides is 1. The van der Waals surface area contributed by atoms with Crippen LogP contribution < -0.4 is 9.80 Å². The lowest BCUT2D eigenvalue weighted by Crippen LogP contribution is -2.37. The highest BCUT2D eigenvalue weighted by atomic mass is 16.5. The number of esters is 1. The Morgan fingerprint density at radius 3 is 2.14 bits per heavy atom. The van der Waals surface area contributed by atoms with Gasteiger partial charge < -0.3 is 14.5 Å². The van der Waals surface area contributed by atoms with Gasteiger partial charge in [0.15, 0.2) is 6.10 Å². The van der Waals surface area contributed by atoms with Crippen LogP contribution in [0.4, 0.5) is 11.4 Å². The molecule has 0 N–H and O–H groups in total. The minimum Gasteiger partial charge on any atom is -0.448 e. The summed E-state index contributed by atoms with van der Waals surface area (Å²) in [7, 11) is 5.46. The molecule has 0 aliphatic rings. The standard InChI is InChI=1S/C22H23N3O3/c1-16(21(26)25(4)20-8-6-5-7-9-20)28-22(27)18(15-23)14-17-10-12-19(13-11-17)24(2)3/h5-14,16H,1-4H3/b18-14+/t16-/m1/s1. The van der Waals surface area contributed by atoms with E-state index in [0.29, 0.717) is 11.3 Å². The molecular formula is C22H23N3O3. The molecule has 2 aromatic rings. The molecule has 0 unspecified atom stereocenters. The first-order valence-corrected chi connectivity index (χ1v) is 8.76. The molecule has 0 aliphatic carbocycles. The second-order valence-electron chi connectivity index (χ2n) is 6.44. The Kier molecular flexibility index (Phi) is 6.94. The summed E-state index contributed by atoms with van der Waals surface area (Å²) in [4.78, 5) is 28.2. The third kappa shape index (κ3) is 5.21. The van der Waals surface area contributed by atoms with Crippen molar-refractivity contribution in [3.63, 3.8) is 0 Å². The van der Waals surface area contributed by atoms with Crippen molar-refractivity contribution in [2.75, 3.05) is 30.9 Å². The molecule has 2 rings (SSSR count). The zero-order chi connectivity index (χ0) is 20.7. The molecule has 0 aromatic heterocycles.